The lowest BCUT2D eigenvalue weighted by Gasteiger charge is -2.22. The standard InChI is InChI=1S/C18H12O10.C16H10O6.C12H6O8.C12H8O8.C12H10O4.C11H6O7/c1-5-7(19)9(21)13(5)27-17-11(23)15(25-3)16(26-4)12(24)18(17)28-14-6(2)8(20)10(14)22;1-7-14(19)15(20)16(7)22-11-6-5-10(21-2)12-8(17)3-4-9(18)13(11)12;1-3-4(13)7(16)10(3)20-12-9(18)6(15)5(14)8(17)11(12)19-2;1-3-4(13)5(14)10(3)20-12-8(17)6(15)11(19-2)7(16)9(12)18;1-7-10(13)11(14)12(7)16-9-5-3-8(15-2)4-6-9;1-3-4(12)6(14)9(3)18-11-8(16)5(13)7(15)10(11)17-2/h1-4H3;3-6H,1-2H3;1-2H3;15,18H,1-2H3;3-6H,1-2H3;1-2H3. The van der Waals surface area contributed by atoms with Gasteiger partial charge < -0.3 is 76.5 Å². The van der Waals surface area contributed by atoms with Crippen LogP contribution in [-0.4, -0.2) is 94.7 Å². The van der Waals surface area contributed by atoms with Crippen molar-refractivity contribution in [3.63, 3.8) is 0 Å². The second-order valence-electron chi connectivity index (χ2n) is 25.4. The molecule has 3 aliphatic rings. The molecule has 0 saturated carbocycles. The van der Waals surface area contributed by atoms with Crippen LogP contribution in [0.25, 0.3) is 0 Å². The van der Waals surface area contributed by atoms with E-state index in [4.69, 9.17) is 52.1 Å². The predicted octanol–water partition coefficient (Wildman–Crippen LogP) is -3.10. The number of carbonyl (C=O) groups excluding carboxylic acids is 6. The zero-order valence-electron chi connectivity index (χ0n) is 65.8. The molecule has 0 bridgehead atoms. The van der Waals surface area contributed by atoms with E-state index < -0.39 is 241 Å². The second kappa shape index (κ2) is 35.1. The number of ketones is 6. The van der Waals surface area contributed by atoms with Crippen LogP contribution < -0.4 is 166 Å². The van der Waals surface area contributed by atoms with Gasteiger partial charge in [-0.2, -0.15) is 0 Å². The van der Waals surface area contributed by atoms with Crippen molar-refractivity contribution in [1.82, 2.24) is 0 Å². The Hall–Kier alpha value is -17.3. The lowest BCUT2D eigenvalue weighted by Crippen LogP contribution is -2.47. The molecule has 11 aromatic carbocycles. The van der Waals surface area contributed by atoms with Crippen molar-refractivity contribution in [3.8, 4) is 86.2 Å². The number of rotatable bonds is 21. The molecule has 2 N–H and O–H groups in total. The highest BCUT2D eigenvalue weighted by Gasteiger charge is 2.44. The number of methoxy groups -OCH3 is 7. The number of hydrogen-bond donors (Lipinski definition) is 2. The Morgan fingerprint density at radius 2 is 0.444 bits per heavy atom. The molecule has 634 valence electrons. The molecule has 43 heteroatoms. The average Bonchev–Trinajstić information content (AvgIpc) is 0.882. The minimum Gasteiger partial charge on any atom is -0.501 e. The summed E-state index contributed by atoms with van der Waals surface area (Å²) in [6, 6.07) is 9.69. The van der Waals surface area contributed by atoms with Gasteiger partial charge in [-0.05, 0) is 97.0 Å². The van der Waals surface area contributed by atoms with E-state index in [9.17, 15) is 140 Å². The molecule has 124 heavy (non-hydrogen) atoms. The van der Waals surface area contributed by atoms with Crippen LogP contribution in [0.5, 0.6) is 86.2 Å². The molecule has 11 aromatic rings. The van der Waals surface area contributed by atoms with Crippen LogP contribution in [0.2, 0.25) is 0 Å². The Bertz CT molecular complexity index is 7560. The third-order valence-electron chi connectivity index (χ3n) is 18.2. The molecule has 0 aromatic heterocycles. The number of carbonyl (C=O) groups is 6. The molecule has 3 aliphatic carbocycles. The Morgan fingerprint density at radius 1 is 0.194 bits per heavy atom. The SMILES string of the molecule is COC1=C(O)C(=O)C(Oc2c(C)c(=O)c2=O)=C(O)C1=O.COC1=C(OC)C(=O)C(Oc2c(C)c(=O)c2=O)=C(Oc2c(C)c(=O)c2=O)C1=O.COc1c(Oc2c(C)c(=O)c2=O)c(=O)c(=O)c(=O)c1=O.COc1c(Oc2c(C)c(=O)c2=O)c(=O)c(=O)c1=O.COc1ccc(Oc2c(C)c(=O)c2=O)c2c1C(=O)C=CC2=O.COc1ccc(Oc2c(C)c(=O)c2=O)cc1. The molecule has 0 radical (unpaired) electrons. The van der Waals surface area contributed by atoms with Crippen molar-refractivity contribution in [3.05, 3.63) is 359 Å². The van der Waals surface area contributed by atoms with Gasteiger partial charge in [0.2, 0.25) is 107 Å². The normalized spacial score (nSPS) is 13.0. The fourth-order valence-electron chi connectivity index (χ4n) is 11.0. The molecule has 0 fully saturated rings. The molecule has 0 aliphatic heterocycles. The zero-order valence-corrected chi connectivity index (χ0v) is 65.8. The van der Waals surface area contributed by atoms with Gasteiger partial charge in [0.15, 0.2) is 51.8 Å². The average molecular weight is 1710 g/mol. The van der Waals surface area contributed by atoms with Gasteiger partial charge in [0, 0.05) is 38.9 Å². The van der Waals surface area contributed by atoms with E-state index in [2.05, 4.69) is 14.2 Å². The summed E-state index contributed by atoms with van der Waals surface area (Å²) in [7, 11) is 8.25. The van der Waals surface area contributed by atoms with E-state index >= 15 is 0 Å². The van der Waals surface area contributed by atoms with Crippen LogP contribution in [0.4, 0.5) is 0 Å². The van der Waals surface area contributed by atoms with Gasteiger partial charge in [-0.3, -0.25) is 129 Å². The minimum atomic E-state index is -1.58. The molecule has 14 rings (SSSR count). The largest absolute Gasteiger partial charge is 0.501 e. The summed E-state index contributed by atoms with van der Waals surface area (Å²) in [5, 5.41) is 19.0. The molecule has 0 heterocycles. The lowest BCUT2D eigenvalue weighted by atomic mass is 9.93. The fourth-order valence-corrected chi connectivity index (χ4v) is 11.0. The van der Waals surface area contributed by atoms with Gasteiger partial charge in [0.05, 0.1) is 60.9 Å². The van der Waals surface area contributed by atoms with E-state index in [0.717, 1.165) is 47.7 Å². The third kappa shape index (κ3) is 15.6. The first-order chi connectivity index (χ1) is 58.2. The molecule has 0 saturated heterocycles. The summed E-state index contributed by atoms with van der Waals surface area (Å²) >= 11 is 0. The number of allylic oxidation sites excluding steroid dienone is 2. The van der Waals surface area contributed by atoms with Crippen LogP contribution in [-0.2, 0) is 33.4 Å². The van der Waals surface area contributed by atoms with Crippen molar-refractivity contribution >= 4 is 34.7 Å². The summed E-state index contributed by atoms with van der Waals surface area (Å²) < 4.78 is 69.1. The van der Waals surface area contributed by atoms with Crippen molar-refractivity contribution in [2.45, 2.75) is 48.5 Å². The van der Waals surface area contributed by atoms with Gasteiger partial charge in [0.1, 0.15) is 23.0 Å². The highest BCUT2D eigenvalue weighted by molar-refractivity contribution is 6.25. The summed E-state index contributed by atoms with van der Waals surface area (Å²) in [5.74, 6) is -15.1. The van der Waals surface area contributed by atoms with Crippen LogP contribution >= 0.6 is 0 Å². The van der Waals surface area contributed by atoms with E-state index in [1.165, 1.54) is 60.8 Å². The van der Waals surface area contributed by atoms with Crippen LogP contribution in [0.3, 0.4) is 0 Å². The summed E-state index contributed by atoms with van der Waals surface area (Å²) in [5.41, 5.74) is -20.1. The Balaban J connectivity index is 0.000000170. The van der Waals surface area contributed by atoms with E-state index in [1.54, 1.807) is 38.3 Å². The Kier molecular flexibility index (Phi) is 25.6. The van der Waals surface area contributed by atoms with Gasteiger partial charge in [-0.15, -0.1) is 0 Å². The summed E-state index contributed by atoms with van der Waals surface area (Å²) in [6.45, 7) is 9.50. The molecule has 43 nitrogen and oxygen atoms in total. The molecule has 0 unspecified atom stereocenters. The highest BCUT2D eigenvalue weighted by Crippen LogP contribution is 2.37. The smallest absolute Gasteiger partial charge is 0.281 e. The minimum absolute atomic E-state index is 0.0271. The van der Waals surface area contributed by atoms with Gasteiger partial charge >= 0.3 is 0 Å². The zero-order chi connectivity index (χ0) is 92.6. The Labute approximate surface area is 681 Å². The monoisotopic (exact) mass is 1710 g/mol. The highest BCUT2D eigenvalue weighted by atomic mass is 16.6. The summed E-state index contributed by atoms with van der Waals surface area (Å²) in [4.78, 5) is 310. The maximum Gasteiger partial charge on any atom is 0.281 e. The Morgan fingerprint density at radius 3 is 0.750 bits per heavy atom. The maximum absolute atomic E-state index is 12.7. The van der Waals surface area contributed by atoms with Crippen molar-refractivity contribution in [1.29, 1.82) is 0 Å². The third-order valence-corrected chi connectivity index (χ3v) is 18.2. The molecular weight excluding hydrogens is 1660 g/mol. The predicted molar refractivity (Wildman–Crippen MR) is 418 cm³/mol. The van der Waals surface area contributed by atoms with Crippen LogP contribution in [0, 0.1) is 48.5 Å². The van der Waals surface area contributed by atoms with Crippen molar-refractivity contribution in [2.75, 3.05) is 49.8 Å². The summed E-state index contributed by atoms with van der Waals surface area (Å²) in [6.07, 6.45) is 2.28. The molecular formula is C81H52O43. The van der Waals surface area contributed by atoms with Gasteiger partial charge in [-0.25, -0.2) is 0 Å². The second-order valence-corrected chi connectivity index (χ2v) is 25.4. The number of benzene rings is 3. The number of fused-ring (bicyclic) bond motifs is 1. The topological polar surface area (TPSA) is 631 Å². The number of aliphatic hydroxyl groups is 2. The maximum atomic E-state index is 12.7. The molecule has 0 amide bonds. The number of hydrogen-bond acceptors (Lipinski definition) is 43. The van der Waals surface area contributed by atoms with Gasteiger partial charge in [-0.1, -0.05) is 0 Å². The lowest BCUT2D eigenvalue weighted by molar-refractivity contribution is -0.124. The first-order valence-electron chi connectivity index (χ1n) is 34.2. The van der Waals surface area contributed by atoms with Crippen molar-refractivity contribution in [2.24, 2.45) is 0 Å². The number of Topliss-reactive ketones (excluding diaryl/α,β-unsaturated/α-hetero) is 4. The number of aliphatic hydroxyl groups excluding tert-OH is 2. The van der Waals surface area contributed by atoms with Crippen LogP contribution in [0.15, 0.2) is 195 Å². The van der Waals surface area contributed by atoms with Crippen molar-refractivity contribution < 1.29 is 105 Å². The van der Waals surface area contributed by atoms with Gasteiger partial charge in [0.25, 0.3) is 99.1 Å². The molecule has 0 atom stereocenters. The number of ether oxygens (including phenoxy) is 14. The quantitative estimate of drug-likeness (QED) is 0.0531. The van der Waals surface area contributed by atoms with Crippen LogP contribution in [0.1, 0.15) is 59.7 Å². The van der Waals surface area contributed by atoms with E-state index in [0.29, 0.717) is 17.1 Å². The van der Waals surface area contributed by atoms with E-state index in [-0.39, 0.29) is 73.3 Å². The first kappa shape index (κ1) is 90.6. The molecule has 0 spiro atoms. The van der Waals surface area contributed by atoms with E-state index in [1.807, 2.05) is 0 Å². The first-order valence-corrected chi connectivity index (χ1v) is 34.2. The fraction of sp³-hybridized carbons (Fsp3) is 0.173.